The number of para-hydroxylation sites is 2. The summed E-state index contributed by atoms with van der Waals surface area (Å²) < 4.78 is 2.79. The zero-order valence-electron chi connectivity index (χ0n) is 13.5. The average molecular weight is 442 g/mol. The molecule has 0 radical (unpaired) electrons. The molecular formula is C20H16N2Se2. The van der Waals surface area contributed by atoms with Gasteiger partial charge < -0.3 is 0 Å². The zero-order valence-corrected chi connectivity index (χ0v) is 16.9. The summed E-state index contributed by atoms with van der Waals surface area (Å²) in [6, 6.07) is 21.6. The van der Waals surface area contributed by atoms with Crippen molar-refractivity contribution in [2.24, 2.45) is 0 Å². The standard InChI is InChI=1S/C20H16N2Se2/c1-13-9-11-15-5-3-7-17(19(15)21-13)23-24-18-8-4-6-16-12-10-14(2)22-20(16)18/h3-12H,1-2H3. The summed E-state index contributed by atoms with van der Waals surface area (Å²) in [7, 11) is 0. The van der Waals surface area contributed by atoms with Crippen LogP contribution in [-0.4, -0.2) is 36.2 Å². The van der Waals surface area contributed by atoms with E-state index in [0.717, 1.165) is 11.4 Å². The molecule has 0 fully saturated rings. The molecule has 0 aliphatic carbocycles. The minimum absolute atomic E-state index is 0.396. The second-order valence-corrected chi connectivity index (χ2v) is 11.9. The van der Waals surface area contributed by atoms with E-state index in [2.05, 4.69) is 74.5 Å². The van der Waals surface area contributed by atoms with Gasteiger partial charge in [-0.2, -0.15) is 0 Å². The van der Waals surface area contributed by atoms with Crippen LogP contribution in [0.4, 0.5) is 0 Å². The van der Waals surface area contributed by atoms with Crippen LogP contribution in [0.5, 0.6) is 0 Å². The molecule has 4 aromatic rings. The third-order valence-corrected chi connectivity index (χ3v) is 11.0. The first kappa shape index (κ1) is 15.8. The van der Waals surface area contributed by atoms with Crippen LogP contribution in [-0.2, 0) is 0 Å². The minimum atomic E-state index is 0.396. The van der Waals surface area contributed by atoms with Crippen molar-refractivity contribution in [1.82, 2.24) is 9.97 Å². The van der Waals surface area contributed by atoms with Crippen molar-refractivity contribution in [3.63, 3.8) is 0 Å². The molecule has 2 aromatic heterocycles. The molecular weight excluding hydrogens is 426 g/mol. The van der Waals surface area contributed by atoms with Crippen LogP contribution >= 0.6 is 0 Å². The summed E-state index contributed by atoms with van der Waals surface area (Å²) in [4.78, 5) is 9.55. The van der Waals surface area contributed by atoms with E-state index in [1.165, 1.54) is 30.7 Å². The molecule has 0 aliphatic rings. The summed E-state index contributed by atoms with van der Waals surface area (Å²) in [6.07, 6.45) is 0. The van der Waals surface area contributed by atoms with E-state index in [9.17, 15) is 0 Å². The molecule has 24 heavy (non-hydrogen) atoms. The van der Waals surface area contributed by atoms with E-state index in [1.807, 2.05) is 0 Å². The third kappa shape index (κ3) is 3.11. The second-order valence-electron chi connectivity index (χ2n) is 5.73. The number of pyridine rings is 2. The van der Waals surface area contributed by atoms with Gasteiger partial charge in [-0.25, -0.2) is 0 Å². The average Bonchev–Trinajstić information content (AvgIpc) is 2.60. The third-order valence-electron chi connectivity index (χ3n) is 3.87. The van der Waals surface area contributed by atoms with Gasteiger partial charge in [0.25, 0.3) is 0 Å². The number of hydrogen-bond donors (Lipinski definition) is 0. The first-order valence-corrected chi connectivity index (χ1v) is 13.8. The Kier molecular flexibility index (Phi) is 4.39. The van der Waals surface area contributed by atoms with Gasteiger partial charge in [-0.15, -0.1) is 0 Å². The van der Waals surface area contributed by atoms with E-state index in [1.54, 1.807) is 0 Å². The summed E-state index contributed by atoms with van der Waals surface area (Å²) in [5, 5.41) is 2.48. The fourth-order valence-electron chi connectivity index (χ4n) is 2.66. The molecule has 2 heterocycles. The number of fused-ring (bicyclic) bond motifs is 2. The summed E-state index contributed by atoms with van der Waals surface area (Å²) in [6.45, 7) is 4.12. The van der Waals surface area contributed by atoms with Gasteiger partial charge in [-0.3, -0.25) is 0 Å². The van der Waals surface area contributed by atoms with E-state index in [0.29, 0.717) is 26.3 Å². The van der Waals surface area contributed by atoms with Gasteiger partial charge >= 0.3 is 153 Å². The van der Waals surface area contributed by atoms with Crippen molar-refractivity contribution >= 4 is 57.0 Å². The predicted molar refractivity (Wildman–Crippen MR) is 104 cm³/mol. The van der Waals surface area contributed by atoms with Crippen LogP contribution in [0.25, 0.3) is 21.8 Å². The van der Waals surface area contributed by atoms with Crippen LogP contribution in [0.1, 0.15) is 11.4 Å². The number of nitrogens with zero attached hydrogens (tertiary/aromatic N) is 2. The fraction of sp³-hybridized carbons (Fsp3) is 0.100. The maximum absolute atomic E-state index is 4.77. The van der Waals surface area contributed by atoms with Crippen molar-refractivity contribution in [1.29, 1.82) is 0 Å². The van der Waals surface area contributed by atoms with Gasteiger partial charge in [0.15, 0.2) is 0 Å². The maximum atomic E-state index is 4.77. The number of aryl methyl sites for hydroxylation is 2. The van der Waals surface area contributed by atoms with Crippen molar-refractivity contribution in [3.05, 3.63) is 72.1 Å². The monoisotopic (exact) mass is 444 g/mol. The molecule has 0 bridgehead atoms. The Morgan fingerprint density at radius 2 is 1.04 bits per heavy atom. The molecule has 0 saturated carbocycles. The van der Waals surface area contributed by atoms with Crippen LogP contribution in [0.2, 0.25) is 0 Å². The summed E-state index contributed by atoms with van der Waals surface area (Å²) in [5.74, 6) is 0. The van der Waals surface area contributed by atoms with Crippen molar-refractivity contribution in [3.8, 4) is 0 Å². The summed E-state index contributed by atoms with van der Waals surface area (Å²) >= 11 is 0.792. The van der Waals surface area contributed by atoms with Crippen molar-refractivity contribution < 1.29 is 0 Å². The SMILES string of the molecule is Cc1ccc2cccc([Se][Se]c3cccc4ccc(C)nc34)c2n1. The van der Waals surface area contributed by atoms with E-state index >= 15 is 0 Å². The molecule has 4 heteroatoms. The first-order chi connectivity index (χ1) is 11.7. The zero-order chi connectivity index (χ0) is 16.5. The Balaban J connectivity index is 1.71. The fourth-order valence-corrected chi connectivity index (χ4v) is 9.51. The van der Waals surface area contributed by atoms with Gasteiger partial charge in [-0.1, -0.05) is 0 Å². The van der Waals surface area contributed by atoms with Crippen molar-refractivity contribution in [2.75, 3.05) is 0 Å². The Morgan fingerprint density at radius 3 is 1.50 bits per heavy atom. The van der Waals surface area contributed by atoms with E-state index < -0.39 is 0 Å². The van der Waals surface area contributed by atoms with Gasteiger partial charge in [0.1, 0.15) is 0 Å². The summed E-state index contributed by atoms with van der Waals surface area (Å²) in [5.41, 5.74) is 4.51. The Labute approximate surface area is 152 Å². The van der Waals surface area contributed by atoms with Crippen LogP contribution in [0, 0.1) is 13.8 Å². The number of benzene rings is 2. The second kappa shape index (κ2) is 6.66. The number of rotatable bonds is 3. The Bertz CT molecular complexity index is 959. The topological polar surface area (TPSA) is 25.8 Å². The first-order valence-electron chi connectivity index (χ1n) is 7.78. The van der Waals surface area contributed by atoms with Gasteiger partial charge in [0.05, 0.1) is 0 Å². The molecule has 0 aliphatic heterocycles. The molecule has 4 rings (SSSR count). The molecule has 0 unspecified atom stereocenters. The van der Waals surface area contributed by atoms with Crippen molar-refractivity contribution in [2.45, 2.75) is 13.8 Å². The Morgan fingerprint density at radius 1 is 0.583 bits per heavy atom. The van der Waals surface area contributed by atoms with E-state index in [4.69, 9.17) is 9.97 Å². The molecule has 0 N–H and O–H groups in total. The molecule has 0 spiro atoms. The molecule has 2 nitrogen and oxygen atoms in total. The molecule has 118 valence electrons. The van der Waals surface area contributed by atoms with Crippen LogP contribution < -0.4 is 8.92 Å². The normalized spacial score (nSPS) is 11.2. The number of hydrogen-bond acceptors (Lipinski definition) is 2. The molecule has 0 saturated heterocycles. The predicted octanol–water partition coefficient (Wildman–Crippen LogP) is 2.67. The van der Waals surface area contributed by atoms with E-state index in [-0.39, 0.29) is 0 Å². The van der Waals surface area contributed by atoms with Gasteiger partial charge in [0.2, 0.25) is 0 Å². The molecule has 2 aromatic carbocycles. The van der Waals surface area contributed by atoms with Gasteiger partial charge in [0, 0.05) is 0 Å². The molecule has 0 atom stereocenters. The molecule has 0 amide bonds. The number of aromatic nitrogens is 2. The Hall–Kier alpha value is -1.70. The van der Waals surface area contributed by atoms with Gasteiger partial charge in [-0.05, 0) is 0 Å². The quantitative estimate of drug-likeness (QED) is 0.456. The van der Waals surface area contributed by atoms with Crippen LogP contribution in [0.15, 0.2) is 60.7 Å². The van der Waals surface area contributed by atoms with Crippen LogP contribution in [0.3, 0.4) is 0 Å².